The van der Waals surface area contributed by atoms with Gasteiger partial charge in [-0.3, -0.25) is 14.6 Å². The lowest BCUT2D eigenvalue weighted by Crippen LogP contribution is -2.37. The third kappa shape index (κ3) is 3.79. The van der Waals surface area contributed by atoms with E-state index in [0.717, 1.165) is 5.69 Å². The van der Waals surface area contributed by atoms with Gasteiger partial charge in [-0.1, -0.05) is 19.9 Å². The van der Waals surface area contributed by atoms with E-state index in [0.29, 0.717) is 12.8 Å². The average Bonchev–Trinajstić information content (AvgIpc) is 2.45. The molecule has 5 nitrogen and oxygen atoms in total. The topological polar surface area (TPSA) is 79.3 Å². The summed E-state index contributed by atoms with van der Waals surface area (Å²) in [7, 11) is 0. The molecule has 5 heteroatoms. The number of rotatable bonds is 7. The van der Waals surface area contributed by atoms with E-state index in [1.54, 1.807) is 20.0 Å². The maximum absolute atomic E-state index is 12.1. The van der Waals surface area contributed by atoms with Gasteiger partial charge in [0.15, 0.2) is 0 Å². The Hall–Kier alpha value is -1.91. The first-order valence-corrected chi connectivity index (χ1v) is 6.89. The fourth-order valence-electron chi connectivity index (χ4n) is 2.18. The summed E-state index contributed by atoms with van der Waals surface area (Å²) in [5.74, 6) is -1.17. The highest BCUT2D eigenvalue weighted by atomic mass is 16.4. The van der Waals surface area contributed by atoms with Gasteiger partial charge in [-0.15, -0.1) is 0 Å². The van der Waals surface area contributed by atoms with Crippen LogP contribution < -0.4 is 5.32 Å². The molecule has 1 amide bonds. The molecule has 0 saturated heterocycles. The number of nitrogens with one attached hydrogen (secondary N) is 1. The second kappa shape index (κ2) is 7.03. The van der Waals surface area contributed by atoms with Gasteiger partial charge in [-0.05, 0) is 31.9 Å². The van der Waals surface area contributed by atoms with Crippen LogP contribution in [0.3, 0.4) is 0 Å². The number of aromatic nitrogens is 1. The van der Waals surface area contributed by atoms with Crippen molar-refractivity contribution in [2.75, 3.05) is 0 Å². The number of aliphatic carboxylic acids is 1. The second-order valence-corrected chi connectivity index (χ2v) is 5.01. The van der Waals surface area contributed by atoms with Crippen LogP contribution in [0, 0.1) is 5.41 Å². The molecule has 1 rings (SSSR count). The molecular weight excluding hydrogens is 256 g/mol. The molecule has 1 heterocycles. The van der Waals surface area contributed by atoms with Gasteiger partial charge in [0, 0.05) is 12.6 Å². The molecule has 1 unspecified atom stereocenters. The molecule has 0 aromatic carbocycles. The molecular formula is C15H22N2O3. The minimum atomic E-state index is -0.978. The Kier molecular flexibility index (Phi) is 5.67. The Morgan fingerprint density at radius 2 is 2.00 bits per heavy atom. The summed E-state index contributed by atoms with van der Waals surface area (Å²) in [4.78, 5) is 27.6. The van der Waals surface area contributed by atoms with Gasteiger partial charge in [0.2, 0.25) is 5.91 Å². The zero-order chi connectivity index (χ0) is 15.2. The van der Waals surface area contributed by atoms with E-state index in [-0.39, 0.29) is 18.4 Å². The number of hydrogen-bond acceptors (Lipinski definition) is 3. The van der Waals surface area contributed by atoms with Gasteiger partial charge < -0.3 is 10.4 Å². The molecule has 1 aromatic rings. The SMILES string of the molecule is CCC(CC)(CC(=O)NC(C)c1ccccn1)C(=O)O. The van der Waals surface area contributed by atoms with Crippen LogP contribution in [0.1, 0.15) is 51.8 Å². The first kappa shape index (κ1) is 16.1. The van der Waals surface area contributed by atoms with E-state index < -0.39 is 11.4 Å². The van der Waals surface area contributed by atoms with Crippen molar-refractivity contribution in [3.8, 4) is 0 Å². The number of nitrogens with zero attached hydrogens (tertiary/aromatic N) is 1. The average molecular weight is 278 g/mol. The predicted molar refractivity (Wildman–Crippen MR) is 76.1 cm³/mol. The number of amides is 1. The van der Waals surface area contributed by atoms with Crippen molar-refractivity contribution in [2.24, 2.45) is 5.41 Å². The molecule has 0 aliphatic rings. The zero-order valence-corrected chi connectivity index (χ0v) is 12.2. The molecule has 0 aliphatic heterocycles. The molecule has 1 atom stereocenters. The van der Waals surface area contributed by atoms with Crippen LogP contribution in [0.25, 0.3) is 0 Å². The predicted octanol–water partition coefficient (Wildman–Crippen LogP) is 2.54. The molecule has 0 radical (unpaired) electrons. The lowest BCUT2D eigenvalue weighted by molar-refractivity contribution is -0.152. The van der Waals surface area contributed by atoms with E-state index in [4.69, 9.17) is 0 Å². The Labute approximate surface area is 119 Å². The summed E-state index contributed by atoms with van der Waals surface area (Å²) >= 11 is 0. The normalized spacial score (nSPS) is 12.8. The van der Waals surface area contributed by atoms with Crippen LogP contribution in [-0.4, -0.2) is 22.0 Å². The van der Waals surface area contributed by atoms with Crippen molar-refractivity contribution in [2.45, 2.75) is 46.1 Å². The summed E-state index contributed by atoms with van der Waals surface area (Å²) < 4.78 is 0. The van der Waals surface area contributed by atoms with Crippen LogP contribution in [0.4, 0.5) is 0 Å². The maximum Gasteiger partial charge on any atom is 0.310 e. The van der Waals surface area contributed by atoms with Gasteiger partial charge in [-0.2, -0.15) is 0 Å². The van der Waals surface area contributed by atoms with Crippen LogP contribution in [0.2, 0.25) is 0 Å². The number of pyridine rings is 1. The maximum atomic E-state index is 12.1. The monoisotopic (exact) mass is 278 g/mol. The number of hydrogen-bond donors (Lipinski definition) is 2. The van der Waals surface area contributed by atoms with E-state index in [1.807, 2.05) is 25.1 Å². The minimum Gasteiger partial charge on any atom is -0.481 e. The van der Waals surface area contributed by atoms with Crippen LogP contribution in [0.15, 0.2) is 24.4 Å². The Balaban J connectivity index is 2.70. The van der Waals surface area contributed by atoms with Gasteiger partial charge in [0.1, 0.15) is 0 Å². The molecule has 110 valence electrons. The van der Waals surface area contributed by atoms with E-state index in [2.05, 4.69) is 10.3 Å². The third-order valence-corrected chi connectivity index (χ3v) is 3.82. The third-order valence-electron chi connectivity index (χ3n) is 3.82. The molecule has 2 N–H and O–H groups in total. The first-order chi connectivity index (χ1) is 9.45. The van der Waals surface area contributed by atoms with E-state index >= 15 is 0 Å². The van der Waals surface area contributed by atoms with Crippen molar-refractivity contribution < 1.29 is 14.7 Å². The summed E-state index contributed by atoms with van der Waals surface area (Å²) in [6, 6.07) is 5.25. The van der Waals surface area contributed by atoms with Gasteiger partial charge in [0.25, 0.3) is 0 Å². The molecule has 0 spiro atoms. The smallest absolute Gasteiger partial charge is 0.310 e. The van der Waals surface area contributed by atoms with Gasteiger partial charge in [0.05, 0.1) is 17.2 Å². The summed E-state index contributed by atoms with van der Waals surface area (Å²) in [5.41, 5.74) is -0.219. The minimum absolute atomic E-state index is 0.00743. The van der Waals surface area contributed by atoms with Crippen molar-refractivity contribution in [3.05, 3.63) is 30.1 Å². The zero-order valence-electron chi connectivity index (χ0n) is 12.2. The number of carboxylic acids is 1. The summed E-state index contributed by atoms with van der Waals surface area (Å²) in [6.07, 6.45) is 2.53. The summed E-state index contributed by atoms with van der Waals surface area (Å²) in [6.45, 7) is 5.43. The fraction of sp³-hybridized carbons (Fsp3) is 0.533. The van der Waals surface area contributed by atoms with Crippen LogP contribution in [-0.2, 0) is 9.59 Å². The number of carbonyl (C=O) groups excluding carboxylic acids is 1. The lowest BCUT2D eigenvalue weighted by atomic mass is 9.79. The second-order valence-electron chi connectivity index (χ2n) is 5.01. The highest BCUT2D eigenvalue weighted by Gasteiger charge is 2.37. The van der Waals surface area contributed by atoms with Crippen molar-refractivity contribution in [1.82, 2.24) is 10.3 Å². The van der Waals surface area contributed by atoms with E-state index in [9.17, 15) is 14.7 Å². The number of carboxylic acid groups (broad SMARTS) is 1. The molecule has 0 fully saturated rings. The Bertz CT molecular complexity index is 455. The highest BCUT2D eigenvalue weighted by molar-refractivity contribution is 5.85. The van der Waals surface area contributed by atoms with Crippen molar-refractivity contribution in [1.29, 1.82) is 0 Å². The molecule has 1 aromatic heterocycles. The summed E-state index contributed by atoms with van der Waals surface area (Å²) in [5, 5.41) is 12.1. The van der Waals surface area contributed by atoms with Crippen LogP contribution >= 0.6 is 0 Å². The van der Waals surface area contributed by atoms with Crippen molar-refractivity contribution >= 4 is 11.9 Å². The molecule has 0 saturated carbocycles. The van der Waals surface area contributed by atoms with Gasteiger partial charge >= 0.3 is 5.97 Å². The first-order valence-electron chi connectivity index (χ1n) is 6.89. The largest absolute Gasteiger partial charge is 0.481 e. The molecule has 0 bridgehead atoms. The lowest BCUT2D eigenvalue weighted by Gasteiger charge is -2.26. The molecule has 0 aliphatic carbocycles. The van der Waals surface area contributed by atoms with Gasteiger partial charge in [-0.25, -0.2) is 0 Å². The highest BCUT2D eigenvalue weighted by Crippen LogP contribution is 2.31. The number of carbonyl (C=O) groups is 2. The van der Waals surface area contributed by atoms with E-state index in [1.165, 1.54) is 0 Å². The molecule has 20 heavy (non-hydrogen) atoms. The fourth-order valence-corrected chi connectivity index (χ4v) is 2.18. The Morgan fingerprint density at radius 1 is 1.35 bits per heavy atom. The quantitative estimate of drug-likeness (QED) is 0.803. The van der Waals surface area contributed by atoms with Crippen LogP contribution in [0.5, 0.6) is 0 Å². The standard InChI is InChI=1S/C15H22N2O3/c1-4-15(5-2,14(19)20)10-13(18)17-11(3)12-8-6-7-9-16-12/h6-9,11H,4-5,10H2,1-3H3,(H,17,18)(H,19,20). The van der Waals surface area contributed by atoms with Crippen molar-refractivity contribution in [3.63, 3.8) is 0 Å². The Morgan fingerprint density at radius 3 is 2.45 bits per heavy atom.